The molecule has 0 radical (unpaired) electrons. The number of thioether (sulfide) groups is 1. The van der Waals surface area contributed by atoms with Crippen molar-refractivity contribution in [3.63, 3.8) is 0 Å². The second-order valence-electron chi connectivity index (χ2n) is 6.79. The van der Waals surface area contributed by atoms with Crippen molar-refractivity contribution in [3.05, 3.63) is 84.4 Å². The molecule has 5 nitrogen and oxygen atoms in total. The van der Waals surface area contributed by atoms with Crippen LogP contribution >= 0.6 is 11.8 Å². The maximum absolute atomic E-state index is 5.88. The van der Waals surface area contributed by atoms with Gasteiger partial charge in [0.2, 0.25) is 5.78 Å². The molecule has 0 amide bonds. The lowest BCUT2D eigenvalue weighted by molar-refractivity contribution is 0.343. The maximum atomic E-state index is 5.88. The maximum Gasteiger partial charge on any atom is 0.241 e. The van der Waals surface area contributed by atoms with Gasteiger partial charge < -0.3 is 4.74 Å². The molecule has 0 aliphatic heterocycles. The first-order chi connectivity index (χ1) is 14.3. The van der Waals surface area contributed by atoms with Gasteiger partial charge in [0.1, 0.15) is 5.75 Å². The number of hydrogen-bond acceptors (Lipinski definition) is 4. The summed E-state index contributed by atoms with van der Waals surface area (Å²) in [6.07, 6.45) is 0. The van der Waals surface area contributed by atoms with Gasteiger partial charge in [-0.25, -0.2) is 0 Å². The smallest absolute Gasteiger partial charge is 0.241 e. The Hall–Kier alpha value is -3.25. The Morgan fingerprint density at radius 1 is 0.862 bits per heavy atom. The number of benzene rings is 3. The topological polar surface area (TPSA) is 44.4 Å². The molecule has 144 valence electrons. The van der Waals surface area contributed by atoms with Crippen molar-refractivity contribution in [1.29, 1.82) is 0 Å². The van der Waals surface area contributed by atoms with E-state index in [0.29, 0.717) is 6.61 Å². The first-order valence-electron chi connectivity index (χ1n) is 9.53. The molecule has 0 spiro atoms. The summed E-state index contributed by atoms with van der Waals surface area (Å²) in [6.45, 7) is 2.68. The van der Waals surface area contributed by atoms with Crippen molar-refractivity contribution in [2.45, 2.75) is 12.1 Å². The van der Waals surface area contributed by atoms with Gasteiger partial charge in [0.15, 0.2) is 5.16 Å². The molecular formula is C23H20N4OS. The van der Waals surface area contributed by atoms with Crippen LogP contribution in [0, 0.1) is 6.92 Å². The van der Waals surface area contributed by atoms with E-state index in [4.69, 9.17) is 4.74 Å². The molecule has 0 N–H and O–H groups in total. The third-order valence-corrected chi connectivity index (χ3v) is 5.66. The number of hydrogen-bond donors (Lipinski definition) is 0. The molecule has 6 heteroatoms. The molecule has 0 saturated carbocycles. The molecule has 5 aromatic rings. The highest BCUT2D eigenvalue weighted by Gasteiger charge is 2.17. The second-order valence-corrected chi connectivity index (χ2v) is 7.85. The molecule has 3 aromatic carbocycles. The van der Waals surface area contributed by atoms with Gasteiger partial charge in [-0.3, -0.25) is 8.97 Å². The number of aryl methyl sites for hydroxylation is 1. The minimum Gasteiger partial charge on any atom is -0.493 e. The Labute approximate surface area is 173 Å². The van der Waals surface area contributed by atoms with Crippen LogP contribution in [-0.4, -0.2) is 31.5 Å². The average Bonchev–Trinajstić information content (AvgIpc) is 3.30. The molecule has 2 heterocycles. The number of imidazole rings is 1. The van der Waals surface area contributed by atoms with Crippen LogP contribution < -0.4 is 4.74 Å². The fourth-order valence-electron chi connectivity index (χ4n) is 3.49. The lowest BCUT2D eigenvalue weighted by Crippen LogP contribution is -2.01. The van der Waals surface area contributed by atoms with Gasteiger partial charge in [-0.2, -0.15) is 0 Å². The number of rotatable bonds is 6. The fraction of sp³-hybridized carbons (Fsp3) is 0.130. The zero-order valence-electron chi connectivity index (χ0n) is 16.0. The van der Waals surface area contributed by atoms with E-state index in [-0.39, 0.29) is 0 Å². The summed E-state index contributed by atoms with van der Waals surface area (Å²) in [5.41, 5.74) is 4.48. The van der Waals surface area contributed by atoms with Crippen molar-refractivity contribution >= 4 is 28.6 Å². The van der Waals surface area contributed by atoms with Gasteiger partial charge in [-0.15, -0.1) is 10.2 Å². The lowest BCUT2D eigenvalue weighted by Gasteiger charge is -2.05. The van der Waals surface area contributed by atoms with Crippen LogP contribution in [0.2, 0.25) is 0 Å². The van der Waals surface area contributed by atoms with E-state index in [2.05, 4.69) is 62.5 Å². The van der Waals surface area contributed by atoms with Crippen molar-refractivity contribution in [3.8, 4) is 11.4 Å². The first-order valence-corrected chi connectivity index (χ1v) is 10.5. The van der Waals surface area contributed by atoms with E-state index in [1.807, 2.05) is 42.5 Å². The average molecular weight is 401 g/mol. The SMILES string of the molecule is Cc1cccc(OCCSc2nnc3n(-c4ccccc4)c4ccccc4n23)c1. The van der Waals surface area contributed by atoms with E-state index in [1.54, 1.807) is 11.8 Å². The van der Waals surface area contributed by atoms with Crippen LogP contribution in [0.25, 0.3) is 22.5 Å². The predicted octanol–water partition coefficient (Wildman–Crippen LogP) is 5.15. The summed E-state index contributed by atoms with van der Waals surface area (Å²) in [5, 5.41) is 9.82. The Balaban J connectivity index is 1.44. The predicted molar refractivity (Wildman–Crippen MR) is 117 cm³/mol. The number of ether oxygens (including phenoxy) is 1. The van der Waals surface area contributed by atoms with E-state index in [0.717, 1.165) is 39.2 Å². The van der Waals surface area contributed by atoms with Crippen molar-refractivity contribution in [2.75, 3.05) is 12.4 Å². The number of para-hydroxylation sites is 3. The zero-order chi connectivity index (χ0) is 19.6. The van der Waals surface area contributed by atoms with Crippen LogP contribution in [0.15, 0.2) is 84.0 Å². The molecule has 0 saturated heterocycles. The van der Waals surface area contributed by atoms with Crippen LogP contribution in [0.1, 0.15) is 5.56 Å². The van der Waals surface area contributed by atoms with Crippen molar-refractivity contribution in [1.82, 2.24) is 19.2 Å². The molecule has 0 aliphatic rings. The normalized spacial score (nSPS) is 11.3. The first kappa shape index (κ1) is 17.8. The Kier molecular flexibility index (Phi) is 4.69. The molecule has 29 heavy (non-hydrogen) atoms. The standard InChI is InChI=1S/C23H20N4OS/c1-17-8-7-11-19(16-17)28-14-15-29-23-25-24-22-26(18-9-3-2-4-10-18)20-12-5-6-13-21(20)27(22)23/h2-13,16H,14-15H2,1H3. The van der Waals surface area contributed by atoms with Gasteiger partial charge in [-0.1, -0.05) is 54.2 Å². The number of nitrogens with zero attached hydrogens (tertiary/aromatic N) is 4. The summed E-state index contributed by atoms with van der Waals surface area (Å²) in [6, 6.07) is 26.7. The quantitative estimate of drug-likeness (QED) is 0.292. The minimum absolute atomic E-state index is 0.611. The molecule has 0 bridgehead atoms. The summed E-state index contributed by atoms with van der Waals surface area (Å²) in [5.74, 6) is 2.51. The molecule has 0 atom stereocenters. The van der Waals surface area contributed by atoms with E-state index in [9.17, 15) is 0 Å². The minimum atomic E-state index is 0.611. The number of aromatic nitrogens is 4. The van der Waals surface area contributed by atoms with E-state index >= 15 is 0 Å². The summed E-state index contributed by atoms with van der Waals surface area (Å²) in [4.78, 5) is 0. The van der Waals surface area contributed by atoms with Gasteiger partial charge >= 0.3 is 0 Å². The fourth-order valence-corrected chi connectivity index (χ4v) is 4.25. The molecule has 0 aliphatic carbocycles. The Morgan fingerprint density at radius 3 is 2.48 bits per heavy atom. The third kappa shape index (κ3) is 3.36. The van der Waals surface area contributed by atoms with Crippen molar-refractivity contribution < 1.29 is 4.74 Å². The summed E-state index contributed by atoms with van der Waals surface area (Å²) < 4.78 is 10.1. The molecular weight excluding hydrogens is 380 g/mol. The van der Waals surface area contributed by atoms with Crippen LogP contribution in [0.3, 0.4) is 0 Å². The molecule has 0 unspecified atom stereocenters. The van der Waals surface area contributed by atoms with E-state index < -0.39 is 0 Å². The Bertz CT molecular complexity index is 1280. The highest BCUT2D eigenvalue weighted by molar-refractivity contribution is 7.99. The highest BCUT2D eigenvalue weighted by atomic mass is 32.2. The second kappa shape index (κ2) is 7.64. The van der Waals surface area contributed by atoms with Gasteiger partial charge in [0.25, 0.3) is 0 Å². The summed E-state index contributed by atoms with van der Waals surface area (Å²) >= 11 is 1.65. The van der Waals surface area contributed by atoms with Gasteiger partial charge in [0.05, 0.1) is 17.6 Å². The lowest BCUT2D eigenvalue weighted by atomic mass is 10.2. The third-order valence-electron chi connectivity index (χ3n) is 4.77. The monoisotopic (exact) mass is 400 g/mol. The molecule has 5 rings (SSSR count). The molecule has 0 fully saturated rings. The van der Waals surface area contributed by atoms with E-state index in [1.165, 1.54) is 5.56 Å². The van der Waals surface area contributed by atoms with Crippen LogP contribution in [-0.2, 0) is 0 Å². The molecule has 2 aromatic heterocycles. The van der Waals surface area contributed by atoms with Crippen molar-refractivity contribution in [2.24, 2.45) is 0 Å². The number of fused-ring (bicyclic) bond motifs is 3. The highest BCUT2D eigenvalue weighted by Crippen LogP contribution is 2.28. The Morgan fingerprint density at radius 2 is 1.66 bits per heavy atom. The summed E-state index contributed by atoms with van der Waals surface area (Å²) in [7, 11) is 0. The van der Waals surface area contributed by atoms with Crippen LogP contribution in [0.5, 0.6) is 5.75 Å². The van der Waals surface area contributed by atoms with Gasteiger partial charge in [-0.05, 0) is 48.9 Å². The largest absolute Gasteiger partial charge is 0.493 e. The van der Waals surface area contributed by atoms with Crippen LogP contribution in [0.4, 0.5) is 0 Å². The zero-order valence-corrected chi connectivity index (χ0v) is 16.8. The van der Waals surface area contributed by atoms with Gasteiger partial charge in [0, 0.05) is 11.4 Å².